The Bertz CT molecular complexity index is 280. The van der Waals surface area contributed by atoms with Crippen LogP contribution in [0.15, 0.2) is 36.6 Å². The molecule has 0 aliphatic carbocycles. The maximum absolute atomic E-state index is 5.80. The van der Waals surface area contributed by atoms with Crippen molar-refractivity contribution in [2.45, 2.75) is 32.8 Å². The molecular formula is C14H23NO. The van der Waals surface area contributed by atoms with Gasteiger partial charge in [0.25, 0.3) is 0 Å². The molecule has 0 radical (unpaired) electrons. The summed E-state index contributed by atoms with van der Waals surface area (Å²) in [5, 5.41) is 3.38. The molecule has 0 aromatic carbocycles. The Hall–Kier alpha value is -1.02. The topological polar surface area (TPSA) is 21.3 Å². The molecule has 2 heteroatoms. The number of rotatable bonds is 2. The molecule has 2 aliphatic heterocycles. The van der Waals surface area contributed by atoms with Gasteiger partial charge in [-0.15, -0.1) is 0 Å². The van der Waals surface area contributed by atoms with E-state index in [4.69, 9.17) is 4.74 Å². The van der Waals surface area contributed by atoms with Gasteiger partial charge < -0.3 is 10.1 Å². The fourth-order valence-electron chi connectivity index (χ4n) is 2.31. The highest BCUT2D eigenvalue weighted by atomic mass is 16.5. The summed E-state index contributed by atoms with van der Waals surface area (Å²) in [6, 6.07) is 0. The minimum atomic E-state index is 0.246. The first-order valence-electron chi connectivity index (χ1n) is 6.21. The first-order valence-corrected chi connectivity index (χ1v) is 6.21. The van der Waals surface area contributed by atoms with Crippen LogP contribution in [0.25, 0.3) is 0 Å². The summed E-state index contributed by atoms with van der Waals surface area (Å²) in [6.45, 7) is 13.5. The van der Waals surface area contributed by atoms with Crippen molar-refractivity contribution in [1.29, 1.82) is 0 Å². The van der Waals surface area contributed by atoms with E-state index in [1.807, 2.05) is 26.0 Å². The van der Waals surface area contributed by atoms with E-state index in [0.29, 0.717) is 5.92 Å². The summed E-state index contributed by atoms with van der Waals surface area (Å²) in [6.07, 6.45) is 6.42. The molecule has 0 saturated carbocycles. The largest absolute Gasteiger partial charge is 0.384 e. The zero-order chi connectivity index (χ0) is 12.0. The van der Waals surface area contributed by atoms with Crippen LogP contribution in [-0.4, -0.2) is 19.3 Å². The van der Waals surface area contributed by atoms with E-state index < -0.39 is 0 Å². The summed E-state index contributed by atoms with van der Waals surface area (Å²) in [4.78, 5) is 0. The monoisotopic (exact) mass is 221 g/mol. The molecular weight excluding hydrogens is 198 g/mol. The minimum Gasteiger partial charge on any atom is -0.384 e. The zero-order valence-corrected chi connectivity index (χ0v) is 10.5. The quantitative estimate of drug-likeness (QED) is 0.774. The van der Waals surface area contributed by atoms with E-state index in [1.165, 1.54) is 18.4 Å². The third-order valence-corrected chi connectivity index (χ3v) is 3.04. The number of allylic oxidation sites excluding steroid dienone is 1. The molecule has 2 unspecified atom stereocenters. The van der Waals surface area contributed by atoms with Crippen LogP contribution in [-0.2, 0) is 4.74 Å². The number of ether oxygens (including phenoxy) is 1. The lowest BCUT2D eigenvalue weighted by Gasteiger charge is -2.37. The van der Waals surface area contributed by atoms with Gasteiger partial charge in [0.05, 0.1) is 6.10 Å². The Morgan fingerprint density at radius 3 is 2.69 bits per heavy atom. The van der Waals surface area contributed by atoms with Crippen LogP contribution in [0.5, 0.6) is 0 Å². The van der Waals surface area contributed by atoms with Gasteiger partial charge in [-0.1, -0.05) is 33.1 Å². The molecule has 2 nitrogen and oxygen atoms in total. The maximum atomic E-state index is 5.80. The van der Waals surface area contributed by atoms with Crippen LogP contribution >= 0.6 is 0 Å². The third kappa shape index (κ3) is 2.56. The molecule has 0 aromatic rings. The van der Waals surface area contributed by atoms with Gasteiger partial charge in [-0.3, -0.25) is 0 Å². The van der Waals surface area contributed by atoms with Crippen molar-refractivity contribution in [3.05, 3.63) is 36.6 Å². The first-order chi connectivity index (χ1) is 7.86. The number of hydrogen-bond donors (Lipinski definition) is 1. The lowest BCUT2D eigenvalue weighted by atomic mass is 9.85. The number of fused-ring (bicyclic) bond motifs is 1. The Morgan fingerprint density at radius 1 is 1.31 bits per heavy atom. The van der Waals surface area contributed by atoms with Gasteiger partial charge in [0.1, 0.15) is 0 Å². The Balaban J connectivity index is 0.000000606. The predicted molar refractivity (Wildman–Crippen MR) is 69.2 cm³/mol. The molecule has 16 heavy (non-hydrogen) atoms. The zero-order valence-electron chi connectivity index (χ0n) is 10.5. The highest BCUT2D eigenvalue weighted by Crippen LogP contribution is 2.31. The van der Waals surface area contributed by atoms with Crippen LogP contribution in [0.2, 0.25) is 0 Å². The van der Waals surface area contributed by atoms with Crippen LogP contribution in [0.1, 0.15) is 26.7 Å². The lowest BCUT2D eigenvalue weighted by Crippen LogP contribution is -2.42. The molecule has 0 spiro atoms. The van der Waals surface area contributed by atoms with E-state index in [-0.39, 0.29) is 6.10 Å². The summed E-state index contributed by atoms with van der Waals surface area (Å²) in [5.41, 5.74) is 2.26. The molecule has 1 N–H and O–H groups in total. The van der Waals surface area contributed by atoms with E-state index in [2.05, 4.69) is 18.5 Å². The SMILES string of the molecule is C=CC1=C(C=C)C2OCCCC2CN1.CC. The van der Waals surface area contributed by atoms with Gasteiger partial charge >= 0.3 is 0 Å². The standard InChI is InChI=1S/C12H17NO.C2H6/c1-3-10-11(4-2)13-8-9-6-5-7-14-12(9)10;1-2/h3-4,9,12-13H,1-2,5-8H2;1-2H3. The molecule has 0 bridgehead atoms. The van der Waals surface area contributed by atoms with E-state index in [1.54, 1.807) is 0 Å². The van der Waals surface area contributed by atoms with Crippen LogP contribution < -0.4 is 5.32 Å². The van der Waals surface area contributed by atoms with Gasteiger partial charge in [0.2, 0.25) is 0 Å². The highest BCUT2D eigenvalue weighted by molar-refractivity contribution is 5.36. The van der Waals surface area contributed by atoms with E-state index in [0.717, 1.165) is 18.8 Å². The third-order valence-electron chi connectivity index (χ3n) is 3.04. The van der Waals surface area contributed by atoms with Crippen molar-refractivity contribution in [2.75, 3.05) is 13.2 Å². The van der Waals surface area contributed by atoms with Gasteiger partial charge in [0, 0.05) is 30.3 Å². The van der Waals surface area contributed by atoms with Crippen LogP contribution in [0.3, 0.4) is 0 Å². The Labute approximate surface area is 99.1 Å². The summed E-state index contributed by atoms with van der Waals surface area (Å²) in [7, 11) is 0. The second kappa shape index (κ2) is 6.54. The molecule has 2 heterocycles. The summed E-state index contributed by atoms with van der Waals surface area (Å²) in [5.74, 6) is 0.612. The van der Waals surface area contributed by atoms with Gasteiger partial charge in [-0.2, -0.15) is 0 Å². The van der Waals surface area contributed by atoms with Gasteiger partial charge in [-0.25, -0.2) is 0 Å². The molecule has 0 aromatic heterocycles. The number of hydrogen-bond acceptors (Lipinski definition) is 2. The Morgan fingerprint density at radius 2 is 2.06 bits per heavy atom. The molecule has 0 amide bonds. The molecule has 90 valence electrons. The first kappa shape index (κ1) is 13.0. The number of nitrogens with one attached hydrogen (secondary N) is 1. The summed E-state index contributed by atoms with van der Waals surface area (Å²) >= 11 is 0. The van der Waals surface area contributed by atoms with Crippen LogP contribution in [0.4, 0.5) is 0 Å². The normalized spacial score (nSPS) is 28.1. The van der Waals surface area contributed by atoms with Crippen molar-refractivity contribution in [2.24, 2.45) is 5.92 Å². The Kier molecular flexibility index (Phi) is 5.33. The average molecular weight is 221 g/mol. The minimum absolute atomic E-state index is 0.246. The molecule has 1 saturated heterocycles. The molecule has 2 aliphatic rings. The highest BCUT2D eigenvalue weighted by Gasteiger charge is 2.32. The lowest BCUT2D eigenvalue weighted by molar-refractivity contribution is -0.00532. The fraction of sp³-hybridized carbons (Fsp3) is 0.571. The van der Waals surface area contributed by atoms with Crippen molar-refractivity contribution < 1.29 is 4.74 Å². The van der Waals surface area contributed by atoms with Gasteiger partial charge in [-0.05, 0) is 18.9 Å². The maximum Gasteiger partial charge on any atom is 0.0889 e. The van der Waals surface area contributed by atoms with E-state index >= 15 is 0 Å². The molecule has 2 rings (SSSR count). The average Bonchev–Trinajstić information content (AvgIpc) is 2.39. The van der Waals surface area contributed by atoms with Crippen molar-refractivity contribution in [3.63, 3.8) is 0 Å². The molecule has 2 atom stereocenters. The summed E-state index contributed by atoms with van der Waals surface area (Å²) < 4.78 is 5.80. The smallest absolute Gasteiger partial charge is 0.0889 e. The fourth-order valence-corrected chi connectivity index (χ4v) is 2.31. The van der Waals surface area contributed by atoms with Crippen molar-refractivity contribution in [1.82, 2.24) is 5.32 Å². The van der Waals surface area contributed by atoms with Crippen LogP contribution in [0, 0.1) is 5.92 Å². The van der Waals surface area contributed by atoms with Gasteiger partial charge in [0.15, 0.2) is 0 Å². The second-order valence-corrected chi connectivity index (χ2v) is 3.85. The molecule has 1 fully saturated rings. The van der Waals surface area contributed by atoms with Crippen molar-refractivity contribution >= 4 is 0 Å². The van der Waals surface area contributed by atoms with E-state index in [9.17, 15) is 0 Å². The van der Waals surface area contributed by atoms with Crippen molar-refractivity contribution in [3.8, 4) is 0 Å². The second-order valence-electron chi connectivity index (χ2n) is 3.85. The predicted octanol–water partition coefficient (Wildman–Crippen LogP) is 3.04.